The van der Waals surface area contributed by atoms with Crippen LogP contribution < -0.4 is 0 Å². The third kappa shape index (κ3) is 11.4. The van der Waals surface area contributed by atoms with Crippen molar-refractivity contribution in [1.82, 2.24) is 0 Å². The molecule has 0 heterocycles. The highest BCUT2D eigenvalue weighted by Crippen LogP contribution is 2.33. The fourth-order valence-corrected chi connectivity index (χ4v) is 8.20. The molecule has 0 amide bonds. The number of hydrogen-bond acceptors (Lipinski definition) is 4. The maximum atomic E-state index is 6.10. The molecule has 4 aromatic carbocycles. The first-order valence-electron chi connectivity index (χ1n) is 11.0. The second-order valence-corrected chi connectivity index (χ2v) is 14.1. The van der Waals surface area contributed by atoms with Gasteiger partial charge in [0.25, 0.3) is 0 Å². The highest BCUT2D eigenvalue weighted by molar-refractivity contribution is 8.76. The molecule has 0 N–H and O–H groups in total. The maximum absolute atomic E-state index is 6.10. The van der Waals surface area contributed by atoms with Crippen LogP contribution in [0.1, 0.15) is 22.3 Å². The molecule has 0 bridgehead atoms. The fraction of sp³-hybridized carbons (Fsp3) is 0.143. The van der Waals surface area contributed by atoms with Gasteiger partial charge in [-0.3, -0.25) is 0 Å². The van der Waals surface area contributed by atoms with Crippen LogP contribution in [-0.4, -0.2) is 0 Å². The lowest BCUT2D eigenvalue weighted by Crippen LogP contribution is -1.82. The summed E-state index contributed by atoms with van der Waals surface area (Å²) < 4.78 is 0. The lowest BCUT2D eigenvalue weighted by molar-refractivity contribution is 1.42. The molecule has 0 unspecified atom stereocenters. The predicted molar refractivity (Wildman–Crippen MR) is 171 cm³/mol. The van der Waals surface area contributed by atoms with E-state index in [2.05, 4.69) is 24.3 Å². The van der Waals surface area contributed by atoms with E-state index in [1.54, 1.807) is 21.6 Å². The summed E-state index contributed by atoms with van der Waals surface area (Å²) in [6, 6.07) is 31.9. The van der Waals surface area contributed by atoms with Crippen LogP contribution in [0.25, 0.3) is 0 Å². The van der Waals surface area contributed by atoms with Crippen LogP contribution in [0.15, 0.2) is 97.1 Å². The zero-order valence-corrected chi connectivity index (χ0v) is 25.5. The Bertz CT molecular complexity index is 1120. The molecule has 0 saturated carbocycles. The van der Waals surface area contributed by atoms with E-state index in [-0.39, 0.29) is 0 Å². The Labute approximate surface area is 250 Å². The Kier molecular flexibility index (Phi) is 14.3. The number of hydrogen-bond donors (Lipinski definition) is 0. The van der Waals surface area contributed by atoms with Crippen LogP contribution in [0.2, 0.25) is 20.1 Å². The lowest BCUT2D eigenvalue weighted by Gasteiger charge is -2.05. The van der Waals surface area contributed by atoms with Crippen molar-refractivity contribution in [3.05, 3.63) is 139 Å². The first-order chi connectivity index (χ1) is 17.5. The van der Waals surface area contributed by atoms with Crippen molar-refractivity contribution in [2.45, 2.75) is 23.0 Å². The first kappa shape index (κ1) is 30.0. The van der Waals surface area contributed by atoms with E-state index in [1.165, 1.54) is 22.3 Å². The SMILES string of the molecule is Clc1cccc(CSSCc2cccc(Cl)c2)c1.Clc1ccccc1CSSCc1ccccc1Cl. The summed E-state index contributed by atoms with van der Waals surface area (Å²) in [7, 11) is 7.26. The molecule has 36 heavy (non-hydrogen) atoms. The van der Waals surface area contributed by atoms with Gasteiger partial charge < -0.3 is 0 Å². The summed E-state index contributed by atoms with van der Waals surface area (Å²) in [6.45, 7) is 0. The average Bonchev–Trinajstić information content (AvgIpc) is 2.87. The van der Waals surface area contributed by atoms with Gasteiger partial charge >= 0.3 is 0 Å². The van der Waals surface area contributed by atoms with Crippen LogP contribution in [0.4, 0.5) is 0 Å². The van der Waals surface area contributed by atoms with Crippen LogP contribution in [0, 0.1) is 0 Å². The van der Waals surface area contributed by atoms with E-state index < -0.39 is 0 Å². The van der Waals surface area contributed by atoms with Crippen molar-refractivity contribution >= 4 is 89.6 Å². The van der Waals surface area contributed by atoms with Gasteiger partial charge in [-0.1, -0.05) is 150 Å². The number of rotatable bonds is 10. The summed E-state index contributed by atoms with van der Waals surface area (Å²) in [5, 5.41) is 3.27. The second kappa shape index (κ2) is 17.1. The molecule has 8 heteroatoms. The molecule has 0 nitrogen and oxygen atoms in total. The topological polar surface area (TPSA) is 0 Å². The van der Waals surface area contributed by atoms with E-state index in [1.807, 2.05) is 94.4 Å². The molecule has 0 aliphatic carbocycles. The Morgan fingerprint density at radius 3 is 1.19 bits per heavy atom. The highest BCUT2D eigenvalue weighted by Gasteiger charge is 2.02. The summed E-state index contributed by atoms with van der Waals surface area (Å²) >= 11 is 24.1. The fourth-order valence-electron chi connectivity index (χ4n) is 2.91. The van der Waals surface area contributed by atoms with Crippen molar-refractivity contribution in [2.75, 3.05) is 0 Å². The number of benzene rings is 4. The minimum absolute atomic E-state index is 0.799. The summed E-state index contributed by atoms with van der Waals surface area (Å²) in [5.41, 5.74) is 4.86. The van der Waals surface area contributed by atoms with E-state index in [4.69, 9.17) is 46.4 Å². The smallest absolute Gasteiger partial charge is 0.0446 e. The molecule has 0 aromatic heterocycles. The largest absolute Gasteiger partial charge is 0.0890 e. The van der Waals surface area contributed by atoms with Crippen LogP contribution in [0.3, 0.4) is 0 Å². The van der Waals surface area contributed by atoms with Gasteiger partial charge in [0.2, 0.25) is 0 Å². The Balaban J connectivity index is 0.000000201. The van der Waals surface area contributed by atoms with Crippen LogP contribution in [0.5, 0.6) is 0 Å². The highest BCUT2D eigenvalue weighted by atomic mass is 35.5. The van der Waals surface area contributed by atoms with Gasteiger partial charge in [0.05, 0.1) is 0 Å². The van der Waals surface area contributed by atoms with Gasteiger partial charge in [-0.2, -0.15) is 0 Å². The third-order valence-corrected chi connectivity index (χ3v) is 10.5. The second-order valence-electron chi connectivity index (χ2n) is 7.49. The van der Waals surface area contributed by atoms with Crippen LogP contribution >= 0.6 is 89.6 Å². The van der Waals surface area contributed by atoms with E-state index >= 15 is 0 Å². The van der Waals surface area contributed by atoms with Gasteiger partial charge in [0, 0.05) is 43.1 Å². The maximum Gasteiger partial charge on any atom is 0.0446 e. The molecule has 4 aromatic rings. The van der Waals surface area contributed by atoms with Gasteiger partial charge in [0.1, 0.15) is 0 Å². The lowest BCUT2D eigenvalue weighted by atomic mass is 10.2. The minimum atomic E-state index is 0.799. The van der Waals surface area contributed by atoms with E-state index in [0.717, 1.165) is 43.1 Å². The van der Waals surface area contributed by atoms with Crippen LogP contribution in [-0.2, 0) is 23.0 Å². The Morgan fingerprint density at radius 2 is 0.806 bits per heavy atom. The van der Waals surface area contributed by atoms with E-state index in [9.17, 15) is 0 Å². The van der Waals surface area contributed by atoms with Crippen molar-refractivity contribution < 1.29 is 0 Å². The average molecular weight is 631 g/mol. The van der Waals surface area contributed by atoms with Crippen molar-refractivity contribution in [3.8, 4) is 0 Å². The molecule has 0 spiro atoms. The summed E-state index contributed by atoms with van der Waals surface area (Å²) in [5.74, 6) is 3.75. The van der Waals surface area contributed by atoms with Crippen molar-refractivity contribution in [1.29, 1.82) is 0 Å². The predicted octanol–water partition coefficient (Wildman–Crippen LogP) is 12.1. The molecule has 0 radical (unpaired) electrons. The first-order valence-corrected chi connectivity index (χ1v) is 17.4. The van der Waals surface area contributed by atoms with Gasteiger partial charge in [0.15, 0.2) is 0 Å². The molecule has 188 valence electrons. The monoisotopic (exact) mass is 628 g/mol. The van der Waals surface area contributed by atoms with Gasteiger partial charge in [-0.25, -0.2) is 0 Å². The molecule has 0 atom stereocenters. The molecule has 0 aliphatic heterocycles. The normalized spacial score (nSPS) is 10.6. The van der Waals surface area contributed by atoms with Crippen molar-refractivity contribution in [2.24, 2.45) is 0 Å². The standard InChI is InChI=1S/2C14H12Cl2S2/c15-13-5-1-3-11(7-13)9-17-18-10-12-4-2-6-14(16)8-12;15-13-7-3-1-5-11(13)9-17-18-10-12-6-2-4-8-14(12)16/h2*1-8H,9-10H2. The molecule has 4 rings (SSSR count). The van der Waals surface area contributed by atoms with Gasteiger partial charge in [-0.05, 0) is 58.7 Å². The molecule has 0 saturated heterocycles. The molecule has 0 aliphatic rings. The molecular formula is C28H24Cl4S4. The summed E-state index contributed by atoms with van der Waals surface area (Å²) in [4.78, 5) is 0. The number of halogens is 4. The van der Waals surface area contributed by atoms with E-state index in [0.29, 0.717) is 0 Å². The minimum Gasteiger partial charge on any atom is -0.0890 e. The zero-order chi connectivity index (χ0) is 25.6. The molecular weight excluding hydrogens is 606 g/mol. The quantitative estimate of drug-likeness (QED) is 0.126. The molecule has 0 fully saturated rings. The Morgan fingerprint density at radius 1 is 0.417 bits per heavy atom. The van der Waals surface area contributed by atoms with Crippen molar-refractivity contribution in [3.63, 3.8) is 0 Å². The summed E-state index contributed by atoms with van der Waals surface area (Å²) in [6.07, 6.45) is 0. The zero-order valence-electron chi connectivity index (χ0n) is 19.2. The third-order valence-electron chi connectivity index (χ3n) is 4.74. The van der Waals surface area contributed by atoms with Gasteiger partial charge in [-0.15, -0.1) is 0 Å². The Hall–Kier alpha value is -0.560.